The number of carbonyl (C=O) groups is 2. The van der Waals surface area contributed by atoms with Crippen molar-refractivity contribution < 1.29 is 19.1 Å². The second kappa shape index (κ2) is 10.7. The lowest BCUT2D eigenvalue weighted by Crippen LogP contribution is -2.18. The van der Waals surface area contributed by atoms with Gasteiger partial charge in [-0.05, 0) is 49.7 Å². The van der Waals surface area contributed by atoms with Crippen LogP contribution < -0.4 is 20.1 Å². The normalized spacial score (nSPS) is 10.4. The van der Waals surface area contributed by atoms with Gasteiger partial charge in [0.1, 0.15) is 16.5 Å². The summed E-state index contributed by atoms with van der Waals surface area (Å²) in [5.74, 6) is 0.698. The Kier molecular flexibility index (Phi) is 7.72. The third kappa shape index (κ3) is 5.79. The van der Waals surface area contributed by atoms with Crippen LogP contribution in [0.15, 0.2) is 59.6 Å². The van der Waals surface area contributed by atoms with Crippen molar-refractivity contribution in [3.8, 4) is 11.5 Å². The minimum Gasteiger partial charge on any atom is -0.497 e. The first kappa shape index (κ1) is 23.1. The molecule has 0 spiro atoms. The fourth-order valence-corrected chi connectivity index (χ4v) is 4.07. The van der Waals surface area contributed by atoms with Gasteiger partial charge in [0.05, 0.1) is 31.2 Å². The summed E-state index contributed by atoms with van der Waals surface area (Å²) in [6, 6.07) is 16.2. The predicted octanol–water partition coefficient (Wildman–Crippen LogP) is 4.70. The lowest BCUT2D eigenvalue weighted by atomic mass is 10.1. The maximum Gasteiger partial charge on any atom is 0.258 e. The highest BCUT2D eigenvalue weighted by Crippen LogP contribution is 2.30. The number of aromatic nitrogens is 1. The van der Waals surface area contributed by atoms with E-state index in [4.69, 9.17) is 9.47 Å². The molecule has 0 aliphatic carbocycles. The molecule has 7 nitrogen and oxygen atoms in total. The van der Waals surface area contributed by atoms with Gasteiger partial charge < -0.3 is 20.1 Å². The molecule has 166 valence electrons. The zero-order valence-electron chi connectivity index (χ0n) is 18.4. The van der Waals surface area contributed by atoms with Crippen LogP contribution >= 0.6 is 11.8 Å². The zero-order valence-corrected chi connectivity index (χ0v) is 19.2. The molecule has 2 aromatic carbocycles. The summed E-state index contributed by atoms with van der Waals surface area (Å²) in [6.07, 6.45) is 0. The molecule has 32 heavy (non-hydrogen) atoms. The third-order valence-corrected chi connectivity index (χ3v) is 5.57. The van der Waals surface area contributed by atoms with Gasteiger partial charge in [-0.3, -0.25) is 9.59 Å². The predicted molar refractivity (Wildman–Crippen MR) is 127 cm³/mol. The van der Waals surface area contributed by atoms with E-state index >= 15 is 0 Å². The number of aryl methyl sites for hydroxylation is 2. The number of anilines is 2. The fourth-order valence-electron chi connectivity index (χ4n) is 3.12. The van der Waals surface area contributed by atoms with E-state index < -0.39 is 0 Å². The number of para-hydroxylation sites is 1. The van der Waals surface area contributed by atoms with Gasteiger partial charge >= 0.3 is 0 Å². The number of hydrogen-bond acceptors (Lipinski definition) is 6. The molecule has 3 rings (SSSR count). The highest BCUT2D eigenvalue weighted by molar-refractivity contribution is 8.00. The number of benzene rings is 2. The van der Waals surface area contributed by atoms with Crippen molar-refractivity contribution >= 4 is 35.0 Å². The molecular formula is C24H25N3O4S. The van der Waals surface area contributed by atoms with Gasteiger partial charge in [-0.25, -0.2) is 4.98 Å². The molecule has 0 saturated heterocycles. The zero-order chi connectivity index (χ0) is 23.1. The molecular weight excluding hydrogens is 426 g/mol. The van der Waals surface area contributed by atoms with Crippen molar-refractivity contribution in [1.29, 1.82) is 0 Å². The average Bonchev–Trinajstić information content (AvgIpc) is 2.78. The Morgan fingerprint density at radius 3 is 2.41 bits per heavy atom. The van der Waals surface area contributed by atoms with Crippen LogP contribution in [-0.4, -0.2) is 36.8 Å². The molecule has 1 heterocycles. The quantitative estimate of drug-likeness (QED) is 0.483. The fraction of sp³-hybridized carbons (Fsp3) is 0.208. The maximum atomic E-state index is 13.0. The second-order valence-corrected chi connectivity index (χ2v) is 7.95. The van der Waals surface area contributed by atoms with E-state index in [1.54, 1.807) is 25.3 Å². The van der Waals surface area contributed by atoms with Crippen molar-refractivity contribution in [3.05, 3.63) is 71.4 Å². The molecule has 0 saturated carbocycles. The van der Waals surface area contributed by atoms with E-state index in [1.165, 1.54) is 18.9 Å². The van der Waals surface area contributed by atoms with Gasteiger partial charge in [0.25, 0.3) is 5.91 Å². The van der Waals surface area contributed by atoms with Gasteiger partial charge in [0.2, 0.25) is 5.91 Å². The van der Waals surface area contributed by atoms with E-state index in [2.05, 4.69) is 15.6 Å². The van der Waals surface area contributed by atoms with Crippen molar-refractivity contribution in [2.24, 2.45) is 0 Å². The number of pyridine rings is 1. The van der Waals surface area contributed by atoms with Gasteiger partial charge in [0.15, 0.2) is 0 Å². The highest BCUT2D eigenvalue weighted by atomic mass is 32.2. The number of hydrogen-bond donors (Lipinski definition) is 2. The summed E-state index contributed by atoms with van der Waals surface area (Å²) in [4.78, 5) is 30.1. The number of thioether (sulfide) groups is 1. The van der Waals surface area contributed by atoms with Gasteiger partial charge in [-0.1, -0.05) is 30.0 Å². The molecule has 2 amide bonds. The van der Waals surface area contributed by atoms with Crippen LogP contribution in [0.2, 0.25) is 0 Å². The summed E-state index contributed by atoms with van der Waals surface area (Å²) in [7, 11) is 3.09. The first-order chi connectivity index (χ1) is 15.4. The van der Waals surface area contributed by atoms with Crippen LogP contribution in [0.5, 0.6) is 11.5 Å². The van der Waals surface area contributed by atoms with Gasteiger partial charge in [-0.2, -0.15) is 0 Å². The Morgan fingerprint density at radius 1 is 0.969 bits per heavy atom. The van der Waals surface area contributed by atoms with E-state index in [-0.39, 0.29) is 17.6 Å². The Labute approximate surface area is 191 Å². The average molecular weight is 452 g/mol. The van der Waals surface area contributed by atoms with Crippen molar-refractivity contribution in [2.45, 2.75) is 18.9 Å². The molecule has 0 bridgehead atoms. The molecule has 0 aliphatic heterocycles. The minimum absolute atomic E-state index is 0.0801. The van der Waals surface area contributed by atoms with Crippen LogP contribution in [-0.2, 0) is 4.79 Å². The SMILES string of the molecule is COc1ccc(NC(=O)CSc2nc(C)cc(C)c2C(=O)Nc2ccccc2)c(OC)c1. The van der Waals surface area contributed by atoms with Gasteiger partial charge in [0, 0.05) is 17.4 Å². The molecule has 8 heteroatoms. The number of amides is 2. The molecule has 0 unspecified atom stereocenters. The van der Waals surface area contributed by atoms with Crippen LogP contribution in [0, 0.1) is 13.8 Å². The summed E-state index contributed by atoms with van der Waals surface area (Å²) >= 11 is 1.21. The number of rotatable bonds is 8. The van der Waals surface area contributed by atoms with Crippen LogP contribution in [0.4, 0.5) is 11.4 Å². The van der Waals surface area contributed by atoms with Crippen molar-refractivity contribution in [3.63, 3.8) is 0 Å². The first-order valence-corrected chi connectivity index (χ1v) is 10.9. The lowest BCUT2D eigenvalue weighted by molar-refractivity contribution is -0.113. The van der Waals surface area contributed by atoms with Crippen molar-refractivity contribution in [1.82, 2.24) is 4.98 Å². The largest absolute Gasteiger partial charge is 0.497 e. The van der Waals surface area contributed by atoms with E-state index in [9.17, 15) is 9.59 Å². The molecule has 0 atom stereocenters. The Morgan fingerprint density at radius 2 is 1.72 bits per heavy atom. The van der Waals surface area contributed by atoms with E-state index in [1.807, 2.05) is 50.2 Å². The summed E-state index contributed by atoms with van der Waals surface area (Å²) in [6.45, 7) is 3.72. The second-order valence-electron chi connectivity index (χ2n) is 6.98. The number of carbonyl (C=O) groups excluding carboxylic acids is 2. The molecule has 2 N–H and O–H groups in total. The maximum absolute atomic E-state index is 13.0. The third-order valence-electron chi connectivity index (χ3n) is 4.59. The first-order valence-electron chi connectivity index (χ1n) is 9.90. The number of methoxy groups -OCH3 is 2. The van der Waals surface area contributed by atoms with Crippen LogP contribution in [0.1, 0.15) is 21.6 Å². The lowest BCUT2D eigenvalue weighted by Gasteiger charge is -2.14. The highest BCUT2D eigenvalue weighted by Gasteiger charge is 2.19. The minimum atomic E-state index is -0.263. The summed E-state index contributed by atoms with van der Waals surface area (Å²) in [5.41, 5.74) is 3.26. The monoisotopic (exact) mass is 451 g/mol. The van der Waals surface area contributed by atoms with Crippen molar-refractivity contribution in [2.75, 3.05) is 30.6 Å². The number of nitrogens with zero attached hydrogens (tertiary/aromatic N) is 1. The molecule has 3 aromatic rings. The smallest absolute Gasteiger partial charge is 0.258 e. The topological polar surface area (TPSA) is 89.5 Å². The van der Waals surface area contributed by atoms with Crippen LogP contribution in [0.25, 0.3) is 0 Å². The Hall–Kier alpha value is -3.52. The number of nitrogens with one attached hydrogen (secondary N) is 2. The molecule has 0 aliphatic rings. The molecule has 0 radical (unpaired) electrons. The standard InChI is InChI=1S/C24H25N3O4S/c1-15-12-16(2)25-24(22(15)23(29)26-17-8-6-5-7-9-17)32-14-21(28)27-19-11-10-18(30-3)13-20(19)31-4/h5-13H,14H2,1-4H3,(H,26,29)(H,27,28). The number of ether oxygens (including phenoxy) is 2. The summed E-state index contributed by atoms with van der Waals surface area (Å²) in [5, 5.41) is 6.23. The Balaban J connectivity index is 1.74. The van der Waals surface area contributed by atoms with E-state index in [0.29, 0.717) is 33.5 Å². The van der Waals surface area contributed by atoms with Gasteiger partial charge in [-0.15, -0.1) is 0 Å². The summed E-state index contributed by atoms with van der Waals surface area (Å²) < 4.78 is 10.5. The molecule has 0 fully saturated rings. The molecule has 1 aromatic heterocycles. The Bertz CT molecular complexity index is 1120. The van der Waals surface area contributed by atoms with Crippen LogP contribution in [0.3, 0.4) is 0 Å². The van der Waals surface area contributed by atoms with E-state index in [0.717, 1.165) is 11.3 Å².